The summed E-state index contributed by atoms with van der Waals surface area (Å²) in [6, 6.07) is 3.22. The lowest BCUT2D eigenvalue weighted by Crippen LogP contribution is -2.06. The van der Waals surface area contributed by atoms with Crippen LogP contribution >= 0.6 is 15.9 Å². The normalized spacial score (nSPS) is 12.6. The third-order valence-electron chi connectivity index (χ3n) is 1.94. The minimum Gasteiger partial charge on any atom is -0.504 e. The number of halogens is 1. The zero-order chi connectivity index (χ0) is 10.7. The smallest absolute Gasteiger partial charge is 0.160 e. The van der Waals surface area contributed by atoms with Crippen molar-refractivity contribution in [3.63, 3.8) is 0 Å². The molecule has 0 aromatic heterocycles. The number of benzene rings is 1. The van der Waals surface area contributed by atoms with Gasteiger partial charge < -0.3 is 9.84 Å². The van der Waals surface area contributed by atoms with Crippen LogP contribution in [0, 0.1) is 0 Å². The molecule has 5 heteroatoms. The fourth-order valence-electron chi connectivity index (χ4n) is 1.11. The number of phenols is 1. The fraction of sp³-hybridized carbons (Fsp3) is 0.333. The lowest BCUT2D eigenvalue weighted by molar-refractivity contribution is 0.0657. The number of methoxy groups -OCH3 is 1. The van der Waals surface area contributed by atoms with Crippen LogP contribution in [-0.4, -0.2) is 12.2 Å². The molecule has 0 aliphatic carbocycles. The highest BCUT2D eigenvalue weighted by Crippen LogP contribution is 2.35. The van der Waals surface area contributed by atoms with Gasteiger partial charge in [0.1, 0.15) is 6.10 Å². The Morgan fingerprint density at radius 1 is 1.50 bits per heavy atom. The number of hydrogen-bond acceptors (Lipinski definition) is 4. The van der Waals surface area contributed by atoms with Crippen LogP contribution in [-0.2, 0) is 4.84 Å². The first kappa shape index (κ1) is 11.3. The molecule has 1 rings (SSSR count). The summed E-state index contributed by atoms with van der Waals surface area (Å²) in [6.45, 7) is 1.80. The molecule has 1 unspecified atom stereocenters. The highest BCUT2D eigenvalue weighted by Gasteiger charge is 2.13. The Morgan fingerprint density at radius 3 is 2.64 bits per heavy atom. The molecule has 14 heavy (non-hydrogen) atoms. The fourth-order valence-corrected chi connectivity index (χ4v) is 1.76. The van der Waals surface area contributed by atoms with E-state index in [-0.39, 0.29) is 11.9 Å². The van der Waals surface area contributed by atoms with Gasteiger partial charge in [0, 0.05) is 10.0 Å². The SMILES string of the molecule is COc1cc(C(C)ON)c(Br)cc1O. The first-order chi connectivity index (χ1) is 6.60. The molecule has 0 saturated carbocycles. The summed E-state index contributed by atoms with van der Waals surface area (Å²) in [6.07, 6.45) is -0.265. The van der Waals surface area contributed by atoms with Crippen LogP contribution in [0.2, 0.25) is 0 Å². The highest BCUT2D eigenvalue weighted by atomic mass is 79.9. The van der Waals surface area contributed by atoms with Crippen molar-refractivity contribution in [1.29, 1.82) is 0 Å². The summed E-state index contributed by atoms with van der Waals surface area (Å²) in [5, 5.41) is 9.44. The molecule has 4 nitrogen and oxygen atoms in total. The minimum absolute atomic E-state index is 0.0762. The van der Waals surface area contributed by atoms with Gasteiger partial charge in [0.2, 0.25) is 0 Å². The molecule has 0 aliphatic heterocycles. The third-order valence-corrected chi connectivity index (χ3v) is 2.63. The average molecular weight is 262 g/mol. The van der Waals surface area contributed by atoms with Crippen LogP contribution in [0.25, 0.3) is 0 Å². The molecule has 0 fully saturated rings. The Bertz CT molecular complexity index is 330. The van der Waals surface area contributed by atoms with E-state index in [1.807, 2.05) is 0 Å². The van der Waals surface area contributed by atoms with E-state index in [0.29, 0.717) is 5.75 Å². The van der Waals surface area contributed by atoms with E-state index in [1.165, 1.54) is 7.11 Å². The topological polar surface area (TPSA) is 64.7 Å². The predicted molar refractivity (Wildman–Crippen MR) is 56.0 cm³/mol. The van der Waals surface area contributed by atoms with Gasteiger partial charge in [-0.3, -0.25) is 4.84 Å². The van der Waals surface area contributed by atoms with Crippen molar-refractivity contribution in [3.8, 4) is 11.5 Å². The molecule has 0 aliphatic rings. The van der Waals surface area contributed by atoms with Gasteiger partial charge in [-0.25, -0.2) is 5.90 Å². The molecule has 0 spiro atoms. The molecule has 1 atom stereocenters. The van der Waals surface area contributed by atoms with E-state index in [4.69, 9.17) is 10.6 Å². The average Bonchev–Trinajstić information content (AvgIpc) is 2.17. The van der Waals surface area contributed by atoms with Crippen molar-refractivity contribution in [3.05, 3.63) is 22.2 Å². The zero-order valence-electron chi connectivity index (χ0n) is 7.95. The Balaban J connectivity index is 3.17. The Labute approximate surface area is 90.7 Å². The van der Waals surface area contributed by atoms with Crippen molar-refractivity contribution < 1.29 is 14.7 Å². The number of aromatic hydroxyl groups is 1. The second-order valence-electron chi connectivity index (χ2n) is 2.82. The van der Waals surface area contributed by atoms with Crippen molar-refractivity contribution in [2.24, 2.45) is 5.90 Å². The van der Waals surface area contributed by atoms with Crippen LogP contribution < -0.4 is 10.6 Å². The van der Waals surface area contributed by atoms with Crippen molar-refractivity contribution >= 4 is 15.9 Å². The minimum atomic E-state index is -0.265. The van der Waals surface area contributed by atoms with Gasteiger partial charge in [-0.1, -0.05) is 15.9 Å². The highest BCUT2D eigenvalue weighted by molar-refractivity contribution is 9.10. The Hall–Kier alpha value is -0.780. The first-order valence-corrected chi connectivity index (χ1v) is 4.81. The number of rotatable bonds is 3. The monoisotopic (exact) mass is 261 g/mol. The van der Waals surface area contributed by atoms with Gasteiger partial charge in [-0.15, -0.1) is 0 Å². The molecule has 0 heterocycles. The molecule has 3 N–H and O–H groups in total. The molecule has 0 radical (unpaired) electrons. The lowest BCUT2D eigenvalue weighted by Gasteiger charge is -2.13. The van der Waals surface area contributed by atoms with E-state index in [9.17, 15) is 5.11 Å². The quantitative estimate of drug-likeness (QED) is 0.819. The van der Waals surface area contributed by atoms with Gasteiger partial charge >= 0.3 is 0 Å². The molecule has 0 saturated heterocycles. The number of hydrogen-bond donors (Lipinski definition) is 2. The lowest BCUT2D eigenvalue weighted by atomic mass is 10.1. The van der Waals surface area contributed by atoms with E-state index >= 15 is 0 Å². The number of phenolic OH excluding ortho intramolecular Hbond substituents is 1. The van der Waals surface area contributed by atoms with Gasteiger partial charge in [-0.05, 0) is 19.1 Å². The molecule has 0 bridgehead atoms. The van der Waals surface area contributed by atoms with Gasteiger partial charge in [0.15, 0.2) is 11.5 Å². The van der Waals surface area contributed by atoms with Crippen molar-refractivity contribution in [2.45, 2.75) is 13.0 Å². The summed E-state index contributed by atoms with van der Waals surface area (Å²) in [5.41, 5.74) is 0.821. The Kier molecular flexibility index (Phi) is 3.74. The number of ether oxygens (including phenoxy) is 1. The van der Waals surface area contributed by atoms with E-state index < -0.39 is 0 Å². The largest absolute Gasteiger partial charge is 0.504 e. The zero-order valence-corrected chi connectivity index (χ0v) is 9.54. The molecular weight excluding hydrogens is 250 g/mol. The summed E-state index contributed by atoms with van der Waals surface area (Å²) >= 11 is 3.30. The van der Waals surface area contributed by atoms with Crippen LogP contribution in [0.15, 0.2) is 16.6 Å². The van der Waals surface area contributed by atoms with E-state index in [0.717, 1.165) is 10.0 Å². The third kappa shape index (κ3) is 2.17. The van der Waals surface area contributed by atoms with Crippen molar-refractivity contribution in [1.82, 2.24) is 0 Å². The molecule has 1 aromatic rings. The Morgan fingerprint density at radius 2 is 2.14 bits per heavy atom. The second-order valence-corrected chi connectivity index (χ2v) is 3.68. The summed E-state index contributed by atoms with van der Waals surface area (Å²) in [5.74, 6) is 5.55. The van der Waals surface area contributed by atoms with Crippen LogP contribution in [0.1, 0.15) is 18.6 Å². The molecule has 78 valence electrons. The summed E-state index contributed by atoms with van der Waals surface area (Å²) in [4.78, 5) is 4.69. The van der Waals surface area contributed by atoms with Gasteiger partial charge in [0.25, 0.3) is 0 Å². The second kappa shape index (κ2) is 4.63. The maximum Gasteiger partial charge on any atom is 0.160 e. The maximum absolute atomic E-state index is 9.44. The van der Waals surface area contributed by atoms with Gasteiger partial charge in [0.05, 0.1) is 7.11 Å². The summed E-state index contributed by atoms with van der Waals surface area (Å²) < 4.78 is 5.70. The van der Waals surface area contributed by atoms with Crippen molar-refractivity contribution in [2.75, 3.05) is 7.11 Å². The maximum atomic E-state index is 9.44. The van der Waals surface area contributed by atoms with Gasteiger partial charge in [-0.2, -0.15) is 0 Å². The molecule has 1 aromatic carbocycles. The number of nitrogens with two attached hydrogens (primary N) is 1. The summed E-state index contributed by atoms with van der Waals surface area (Å²) in [7, 11) is 1.49. The van der Waals surface area contributed by atoms with E-state index in [1.54, 1.807) is 19.1 Å². The molecular formula is C9H12BrNO3. The predicted octanol–water partition coefficient (Wildman–Crippen LogP) is 2.11. The molecule has 0 amide bonds. The van der Waals surface area contributed by atoms with Crippen LogP contribution in [0.4, 0.5) is 0 Å². The first-order valence-electron chi connectivity index (χ1n) is 4.02. The standard InChI is InChI=1S/C9H12BrNO3/c1-5(14-11)6-3-9(13-2)8(12)4-7(6)10/h3-5,12H,11H2,1-2H3. The van der Waals surface area contributed by atoms with Crippen LogP contribution in [0.5, 0.6) is 11.5 Å². The van der Waals surface area contributed by atoms with Crippen LogP contribution in [0.3, 0.4) is 0 Å². The van der Waals surface area contributed by atoms with E-state index in [2.05, 4.69) is 20.8 Å².